The second kappa shape index (κ2) is 11.3. The van der Waals surface area contributed by atoms with Crippen molar-refractivity contribution in [1.29, 1.82) is 0 Å². The molecule has 228 valence electrons. The molecule has 3 aromatic heterocycles. The minimum atomic E-state index is -4.50. The molecule has 2 fully saturated rings. The molecule has 4 aromatic rings. The molecule has 2 aliphatic rings. The van der Waals surface area contributed by atoms with Crippen LogP contribution in [-0.2, 0) is 17.8 Å². The molecule has 1 aliphatic carbocycles. The number of nitrogens with one attached hydrogen (secondary N) is 1. The lowest BCUT2D eigenvalue weighted by Gasteiger charge is -2.38. The Morgan fingerprint density at radius 3 is 2.58 bits per heavy atom. The highest BCUT2D eigenvalue weighted by Crippen LogP contribution is 2.43. The fourth-order valence-electron chi connectivity index (χ4n) is 5.99. The van der Waals surface area contributed by atoms with Crippen molar-refractivity contribution < 1.29 is 26.7 Å². The summed E-state index contributed by atoms with van der Waals surface area (Å²) in [4.78, 5) is 28.0. The Morgan fingerprint density at radius 1 is 1.09 bits per heavy atom. The number of fused-ring (bicyclic) bond motifs is 1. The second-order valence-corrected chi connectivity index (χ2v) is 11.6. The van der Waals surface area contributed by atoms with Gasteiger partial charge < -0.3 is 9.88 Å². The van der Waals surface area contributed by atoms with Crippen molar-refractivity contribution in [2.45, 2.75) is 57.3 Å². The number of aromatic nitrogens is 5. The molecule has 1 amide bonds. The SMILES string of the molecule is CC(c1ccnc(Cc2nc3ccc(-c4cnn(CC5CC(F)(F)C5)c4)cc3[nH]2)c1)N1CCN(C(=O)CC(F)(F)F)CC1. The summed E-state index contributed by atoms with van der Waals surface area (Å²) in [6, 6.07) is 9.83. The van der Waals surface area contributed by atoms with Crippen LogP contribution >= 0.6 is 0 Å². The molecule has 1 N–H and O–H groups in total. The maximum Gasteiger partial charge on any atom is 0.397 e. The number of H-pyrrole nitrogens is 1. The van der Waals surface area contributed by atoms with Gasteiger partial charge in [-0.05, 0) is 48.2 Å². The first-order chi connectivity index (χ1) is 20.4. The minimum absolute atomic E-state index is 0.00143. The summed E-state index contributed by atoms with van der Waals surface area (Å²) in [5.74, 6) is -2.72. The van der Waals surface area contributed by atoms with Crippen LogP contribution in [-0.4, -0.2) is 78.7 Å². The van der Waals surface area contributed by atoms with Crippen LogP contribution in [0.1, 0.15) is 49.3 Å². The van der Waals surface area contributed by atoms with Crippen LogP contribution in [0.25, 0.3) is 22.2 Å². The lowest BCUT2D eigenvalue weighted by molar-refractivity contribution is -0.162. The first kappa shape index (κ1) is 29.2. The molecule has 1 saturated heterocycles. The largest absolute Gasteiger partial charge is 0.397 e. The number of carbonyl (C=O) groups is 1. The van der Waals surface area contributed by atoms with E-state index < -0.39 is 24.4 Å². The highest BCUT2D eigenvalue weighted by molar-refractivity contribution is 5.81. The number of rotatable bonds is 8. The summed E-state index contributed by atoms with van der Waals surface area (Å²) in [6.07, 6.45) is -0.247. The van der Waals surface area contributed by atoms with Gasteiger partial charge in [-0.2, -0.15) is 18.3 Å². The Hall–Kier alpha value is -3.87. The molecule has 1 aromatic carbocycles. The molecule has 8 nitrogen and oxygen atoms in total. The predicted octanol–water partition coefficient (Wildman–Crippen LogP) is 5.62. The first-order valence-corrected chi connectivity index (χ1v) is 14.3. The zero-order chi connectivity index (χ0) is 30.4. The number of nitrogens with zero attached hydrogens (tertiary/aromatic N) is 6. The Balaban J connectivity index is 1.08. The molecule has 6 rings (SSSR count). The summed E-state index contributed by atoms with van der Waals surface area (Å²) in [7, 11) is 0. The topological polar surface area (TPSA) is 82.9 Å². The van der Waals surface area contributed by atoms with Gasteiger partial charge in [0.25, 0.3) is 0 Å². The van der Waals surface area contributed by atoms with E-state index in [2.05, 4.69) is 20.0 Å². The number of hydrogen-bond acceptors (Lipinski definition) is 5. The quantitative estimate of drug-likeness (QED) is 0.266. The first-order valence-electron chi connectivity index (χ1n) is 14.3. The summed E-state index contributed by atoms with van der Waals surface area (Å²) in [5.41, 5.74) is 5.37. The molecule has 1 aliphatic heterocycles. The molecule has 1 saturated carbocycles. The Labute approximate surface area is 244 Å². The van der Waals surface area contributed by atoms with Gasteiger partial charge in [0, 0.05) is 81.7 Å². The van der Waals surface area contributed by atoms with Gasteiger partial charge in [-0.1, -0.05) is 6.07 Å². The average molecular weight is 602 g/mol. The number of piperazine rings is 1. The van der Waals surface area contributed by atoms with E-state index in [9.17, 15) is 26.7 Å². The van der Waals surface area contributed by atoms with Crippen molar-refractivity contribution in [3.05, 3.63) is 66.0 Å². The maximum atomic E-state index is 13.2. The molecule has 0 spiro atoms. The van der Waals surface area contributed by atoms with E-state index >= 15 is 0 Å². The zero-order valence-electron chi connectivity index (χ0n) is 23.6. The predicted molar refractivity (Wildman–Crippen MR) is 149 cm³/mol. The van der Waals surface area contributed by atoms with Crippen LogP contribution in [0, 0.1) is 5.92 Å². The van der Waals surface area contributed by atoms with E-state index in [4.69, 9.17) is 4.98 Å². The summed E-state index contributed by atoms with van der Waals surface area (Å²) in [6.45, 7) is 4.03. The van der Waals surface area contributed by atoms with Gasteiger partial charge in [0.2, 0.25) is 11.8 Å². The second-order valence-electron chi connectivity index (χ2n) is 11.6. The number of benzene rings is 1. The standard InChI is InChI=1S/C30H32F5N7O/c1-19(40-6-8-41(9-7-40)28(43)15-30(33,34)35)21-4-5-36-24(10-21)12-27-38-25-3-2-22(11-26(25)39-27)23-16-37-42(18-23)17-20-13-29(31,32)14-20/h2-5,10-11,16,18-20H,6-9,12-15,17H2,1H3,(H,38,39). The summed E-state index contributed by atoms with van der Waals surface area (Å²) >= 11 is 0. The Morgan fingerprint density at radius 2 is 1.86 bits per heavy atom. The number of aromatic amines is 1. The summed E-state index contributed by atoms with van der Waals surface area (Å²) in [5, 5.41) is 4.36. The van der Waals surface area contributed by atoms with E-state index in [0.717, 1.165) is 39.2 Å². The molecule has 0 radical (unpaired) electrons. The van der Waals surface area contributed by atoms with Crippen LogP contribution in [0.2, 0.25) is 0 Å². The Bertz CT molecular complexity index is 1600. The number of pyridine rings is 1. The van der Waals surface area contributed by atoms with Gasteiger partial charge in [-0.3, -0.25) is 19.4 Å². The molecule has 0 bridgehead atoms. The van der Waals surface area contributed by atoms with Crippen molar-refractivity contribution in [1.82, 2.24) is 34.5 Å². The normalized spacial score (nSPS) is 18.6. The van der Waals surface area contributed by atoms with Crippen LogP contribution in [0.5, 0.6) is 0 Å². The van der Waals surface area contributed by atoms with Crippen molar-refractivity contribution >= 4 is 16.9 Å². The van der Waals surface area contributed by atoms with Crippen molar-refractivity contribution in [2.24, 2.45) is 5.92 Å². The third kappa shape index (κ3) is 6.87. The molecule has 4 heterocycles. The molecular weight excluding hydrogens is 569 g/mol. The van der Waals surface area contributed by atoms with Crippen LogP contribution < -0.4 is 0 Å². The molecule has 1 unspecified atom stereocenters. The fourth-order valence-corrected chi connectivity index (χ4v) is 5.99. The Kier molecular flexibility index (Phi) is 7.69. The molecule has 43 heavy (non-hydrogen) atoms. The van der Waals surface area contributed by atoms with Gasteiger partial charge in [0.15, 0.2) is 0 Å². The van der Waals surface area contributed by atoms with E-state index in [1.165, 1.54) is 4.90 Å². The highest BCUT2D eigenvalue weighted by Gasteiger charge is 2.45. The van der Waals surface area contributed by atoms with Crippen molar-refractivity contribution in [3.63, 3.8) is 0 Å². The molecular formula is C30H32F5N7O. The lowest BCUT2D eigenvalue weighted by Crippen LogP contribution is -2.50. The van der Waals surface area contributed by atoms with Crippen molar-refractivity contribution in [2.75, 3.05) is 26.2 Å². The number of hydrogen-bond donors (Lipinski definition) is 1. The monoisotopic (exact) mass is 601 g/mol. The zero-order valence-corrected chi connectivity index (χ0v) is 23.6. The third-order valence-electron chi connectivity index (χ3n) is 8.36. The molecule has 13 heteroatoms. The highest BCUT2D eigenvalue weighted by atomic mass is 19.4. The van der Waals surface area contributed by atoms with Crippen LogP contribution in [0.4, 0.5) is 22.0 Å². The van der Waals surface area contributed by atoms with Gasteiger partial charge in [-0.15, -0.1) is 0 Å². The van der Waals surface area contributed by atoms with Gasteiger partial charge in [0.1, 0.15) is 12.2 Å². The lowest BCUT2D eigenvalue weighted by atomic mass is 9.81. The van der Waals surface area contributed by atoms with E-state index in [1.807, 2.05) is 43.5 Å². The van der Waals surface area contributed by atoms with Crippen LogP contribution in [0.3, 0.4) is 0 Å². The van der Waals surface area contributed by atoms with Gasteiger partial charge in [0.05, 0.1) is 17.2 Å². The van der Waals surface area contributed by atoms with Crippen LogP contribution in [0.15, 0.2) is 48.9 Å². The van der Waals surface area contributed by atoms with Gasteiger partial charge >= 0.3 is 6.18 Å². The van der Waals surface area contributed by atoms with E-state index in [-0.39, 0.29) is 37.9 Å². The van der Waals surface area contributed by atoms with Gasteiger partial charge in [-0.25, -0.2) is 13.8 Å². The number of imidazole rings is 1. The third-order valence-corrected chi connectivity index (χ3v) is 8.36. The fraction of sp³-hybridized carbons (Fsp3) is 0.467. The number of amides is 1. The smallest absolute Gasteiger partial charge is 0.342 e. The molecule has 1 atom stereocenters. The number of alkyl halides is 5. The minimum Gasteiger partial charge on any atom is -0.342 e. The van der Waals surface area contributed by atoms with E-state index in [1.54, 1.807) is 17.1 Å². The number of carbonyl (C=O) groups excluding carboxylic acids is 1. The van der Waals surface area contributed by atoms with Crippen molar-refractivity contribution in [3.8, 4) is 11.1 Å². The van der Waals surface area contributed by atoms with E-state index in [0.29, 0.717) is 26.1 Å². The average Bonchev–Trinajstić information content (AvgIpc) is 3.57. The summed E-state index contributed by atoms with van der Waals surface area (Å²) < 4.78 is 65.9. The number of halogens is 5. The maximum absolute atomic E-state index is 13.2.